The summed E-state index contributed by atoms with van der Waals surface area (Å²) in [6.45, 7) is 14.1. The van der Waals surface area contributed by atoms with Crippen molar-refractivity contribution in [3.05, 3.63) is 0 Å². The highest BCUT2D eigenvalue weighted by molar-refractivity contribution is 7.47. The van der Waals surface area contributed by atoms with Gasteiger partial charge in [-0.25, -0.2) is 9.13 Å². The fourth-order valence-corrected chi connectivity index (χ4v) is 12.2. The van der Waals surface area contributed by atoms with Crippen molar-refractivity contribution in [2.45, 2.75) is 369 Å². The summed E-state index contributed by atoms with van der Waals surface area (Å²) in [4.78, 5) is 72.5. The van der Waals surface area contributed by atoms with Crippen molar-refractivity contribution in [3.8, 4) is 0 Å². The maximum Gasteiger partial charge on any atom is 0.472 e. The molecule has 17 nitrogen and oxygen atoms in total. The molecule has 0 aliphatic heterocycles. The van der Waals surface area contributed by atoms with Gasteiger partial charge in [0.25, 0.3) is 0 Å². The largest absolute Gasteiger partial charge is 0.472 e. The molecule has 0 bridgehead atoms. The molecular formula is C71H138O17P2. The van der Waals surface area contributed by atoms with Gasteiger partial charge in [-0.2, -0.15) is 0 Å². The van der Waals surface area contributed by atoms with Crippen LogP contribution in [-0.4, -0.2) is 96.7 Å². The molecule has 0 saturated carbocycles. The molecule has 19 heteroatoms. The minimum atomic E-state index is -4.95. The third-order valence-corrected chi connectivity index (χ3v) is 18.9. The van der Waals surface area contributed by atoms with E-state index in [1.54, 1.807) is 0 Å². The fraction of sp³-hybridized carbons (Fsp3) is 0.944. The number of hydrogen-bond donors (Lipinski definition) is 3. The van der Waals surface area contributed by atoms with Crippen LogP contribution >= 0.6 is 15.6 Å². The van der Waals surface area contributed by atoms with E-state index >= 15 is 0 Å². The van der Waals surface area contributed by atoms with E-state index in [1.165, 1.54) is 148 Å². The maximum absolute atomic E-state index is 13.0. The van der Waals surface area contributed by atoms with Crippen LogP contribution in [0.25, 0.3) is 0 Å². The summed E-state index contributed by atoms with van der Waals surface area (Å²) in [6, 6.07) is 0. The average Bonchev–Trinajstić information content (AvgIpc) is 3.49. The first kappa shape index (κ1) is 88.1. The summed E-state index contributed by atoms with van der Waals surface area (Å²) in [7, 11) is -9.90. The molecule has 90 heavy (non-hydrogen) atoms. The van der Waals surface area contributed by atoms with E-state index < -0.39 is 97.5 Å². The fourth-order valence-electron chi connectivity index (χ4n) is 10.6. The topological polar surface area (TPSA) is 237 Å². The van der Waals surface area contributed by atoms with Crippen LogP contribution in [0.1, 0.15) is 351 Å². The Morgan fingerprint density at radius 1 is 0.311 bits per heavy atom. The minimum Gasteiger partial charge on any atom is -0.462 e. The molecule has 0 aromatic carbocycles. The van der Waals surface area contributed by atoms with Crippen LogP contribution in [0.4, 0.5) is 0 Å². The molecule has 534 valence electrons. The Hall–Kier alpha value is -1.94. The SMILES string of the molecule is CCC(C)CCCCCCCCCCCCCCCCC(=O)O[C@H](COC(=O)CCCCCCCCCCCC(C)C)COP(=O)(O)OCC(O)COP(=O)(O)OC[C@@H](COC(=O)CCCCCCCCCC(C)C)OC(=O)CCCCCCCCC(C)CC. The number of aliphatic hydroxyl groups excluding tert-OH is 1. The van der Waals surface area contributed by atoms with Crippen LogP contribution in [0.5, 0.6) is 0 Å². The normalized spacial score (nSPS) is 14.9. The second-order valence-electron chi connectivity index (χ2n) is 27.1. The molecule has 0 saturated heterocycles. The monoisotopic (exact) mass is 1320 g/mol. The molecule has 5 unspecified atom stereocenters. The number of carbonyl (C=O) groups is 4. The lowest BCUT2D eigenvalue weighted by Crippen LogP contribution is -2.30. The van der Waals surface area contributed by atoms with Crippen LogP contribution in [-0.2, 0) is 65.4 Å². The van der Waals surface area contributed by atoms with E-state index in [2.05, 4.69) is 55.4 Å². The zero-order chi connectivity index (χ0) is 66.8. The average molecular weight is 1330 g/mol. The molecule has 0 fully saturated rings. The molecule has 0 rings (SSSR count). The van der Waals surface area contributed by atoms with Crippen LogP contribution in [0.15, 0.2) is 0 Å². The van der Waals surface area contributed by atoms with Gasteiger partial charge in [-0.15, -0.1) is 0 Å². The Kier molecular flexibility index (Phi) is 59.4. The number of aliphatic hydroxyl groups is 1. The van der Waals surface area contributed by atoms with Crippen molar-refractivity contribution in [3.63, 3.8) is 0 Å². The van der Waals surface area contributed by atoms with Gasteiger partial charge in [0, 0.05) is 25.7 Å². The minimum absolute atomic E-state index is 0.102. The predicted octanol–water partition coefficient (Wildman–Crippen LogP) is 20.1. The van der Waals surface area contributed by atoms with Crippen molar-refractivity contribution < 1.29 is 80.2 Å². The number of carbonyl (C=O) groups excluding carboxylic acids is 4. The third kappa shape index (κ3) is 62.2. The summed E-state index contributed by atoms with van der Waals surface area (Å²) >= 11 is 0. The van der Waals surface area contributed by atoms with E-state index in [1.807, 2.05) is 0 Å². The van der Waals surface area contributed by atoms with Crippen LogP contribution in [0, 0.1) is 23.7 Å². The van der Waals surface area contributed by atoms with Gasteiger partial charge in [0.05, 0.1) is 26.4 Å². The number of hydrogen-bond acceptors (Lipinski definition) is 15. The summed E-state index contributed by atoms with van der Waals surface area (Å²) < 4.78 is 68.3. The highest BCUT2D eigenvalue weighted by Crippen LogP contribution is 2.45. The van der Waals surface area contributed by atoms with Crippen molar-refractivity contribution in [1.29, 1.82) is 0 Å². The van der Waals surface area contributed by atoms with Gasteiger partial charge in [0.1, 0.15) is 19.3 Å². The Morgan fingerprint density at radius 3 is 0.789 bits per heavy atom. The molecule has 0 aliphatic rings. The zero-order valence-corrected chi connectivity index (χ0v) is 60.6. The smallest absolute Gasteiger partial charge is 0.462 e. The lowest BCUT2D eigenvalue weighted by atomic mass is 9.99. The van der Waals surface area contributed by atoms with Gasteiger partial charge >= 0.3 is 39.5 Å². The Morgan fingerprint density at radius 2 is 0.533 bits per heavy atom. The van der Waals surface area contributed by atoms with E-state index in [-0.39, 0.29) is 25.7 Å². The van der Waals surface area contributed by atoms with Gasteiger partial charge < -0.3 is 33.8 Å². The number of phosphoric acid groups is 2. The highest BCUT2D eigenvalue weighted by atomic mass is 31.2. The van der Waals surface area contributed by atoms with Gasteiger partial charge in [-0.1, -0.05) is 299 Å². The van der Waals surface area contributed by atoms with Crippen molar-refractivity contribution in [1.82, 2.24) is 0 Å². The zero-order valence-electron chi connectivity index (χ0n) is 58.8. The van der Waals surface area contributed by atoms with Crippen LogP contribution in [0.3, 0.4) is 0 Å². The molecule has 3 N–H and O–H groups in total. The number of rotatable bonds is 68. The Labute approximate surface area is 549 Å². The first-order valence-electron chi connectivity index (χ1n) is 36.8. The molecule has 0 radical (unpaired) electrons. The molecule has 0 amide bonds. The predicted molar refractivity (Wildman–Crippen MR) is 363 cm³/mol. The standard InChI is InChI=1S/C71H138O17P2/c1-9-63(7)49-41-33-25-19-15-13-11-12-14-16-20-27-37-45-53-70(75)87-66(57-81-68(73)51-43-35-26-21-17-18-23-31-39-47-61(3)4)59-85-89(77,78)83-55-65(72)56-84-90(79,80)86-60-67(88-71(76)54-46-38-30-29-34-42-50-64(8)10-2)58-82-69(74)52-44-36-28-22-24-32-40-48-62(5)6/h61-67,72H,9-60H2,1-8H3,(H,77,78)(H,79,80)/t63?,64?,65?,66-,67-/m1/s1. The van der Waals surface area contributed by atoms with E-state index in [0.717, 1.165) is 114 Å². The number of ether oxygens (including phenoxy) is 4. The second kappa shape index (κ2) is 60.7. The lowest BCUT2D eigenvalue weighted by Gasteiger charge is -2.21. The third-order valence-electron chi connectivity index (χ3n) is 17.0. The summed E-state index contributed by atoms with van der Waals surface area (Å²) in [6.07, 6.45) is 43.2. The molecule has 0 aliphatic carbocycles. The van der Waals surface area contributed by atoms with Crippen molar-refractivity contribution in [2.75, 3.05) is 39.6 Å². The van der Waals surface area contributed by atoms with Crippen molar-refractivity contribution in [2.24, 2.45) is 23.7 Å². The molecular weight excluding hydrogens is 1190 g/mol. The first-order chi connectivity index (χ1) is 43.2. The number of esters is 4. The lowest BCUT2D eigenvalue weighted by molar-refractivity contribution is -0.161. The number of phosphoric ester groups is 2. The van der Waals surface area contributed by atoms with E-state index in [9.17, 15) is 43.2 Å². The van der Waals surface area contributed by atoms with Gasteiger partial charge in [-0.05, 0) is 49.4 Å². The molecule has 0 heterocycles. The summed E-state index contributed by atoms with van der Waals surface area (Å²) in [5, 5.41) is 10.6. The summed E-state index contributed by atoms with van der Waals surface area (Å²) in [5.41, 5.74) is 0. The molecule has 0 aromatic heterocycles. The van der Waals surface area contributed by atoms with Crippen LogP contribution in [0.2, 0.25) is 0 Å². The van der Waals surface area contributed by atoms with Crippen LogP contribution < -0.4 is 0 Å². The van der Waals surface area contributed by atoms with E-state index in [4.69, 9.17) is 37.0 Å². The highest BCUT2D eigenvalue weighted by Gasteiger charge is 2.30. The van der Waals surface area contributed by atoms with Gasteiger partial charge in [0.15, 0.2) is 12.2 Å². The quantitative estimate of drug-likeness (QED) is 0.0222. The molecule has 0 spiro atoms. The maximum atomic E-state index is 13.0. The first-order valence-corrected chi connectivity index (χ1v) is 39.8. The Bertz CT molecular complexity index is 1790. The van der Waals surface area contributed by atoms with Crippen molar-refractivity contribution >= 4 is 39.5 Å². The van der Waals surface area contributed by atoms with Gasteiger partial charge in [0.2, 0.25) is 0 Å². The van der Waals surface area contributed by atoms with E-state index in [0.29, 0.717) is 31.6 Å². The van der Waals surface area contributed by atoms with Gasteiger partial charge in [-0.3, -0.25) is 37.3 Å². The second-order valence-corrected chi connectivity index (χ2v) is 30.0. The number of unbranched alkanes of at least 4 members (excludes halogenated alkanes) is 32. The molecule has 0 aromatic rings. The summed E-state index contributed by atoms with van der Waals surface area (Å²) in [5.74, 6) is 0.883. The Balaban J connectivity index is 5.23. The molecule has 7 atom stereocenters.